The van der Waals surface area contributed by atoms with E-state index in [1.807, 2.05) is 6.08 Å². The van der Waals surface area contributed by atoms with Crippen molar-refractivity contribution in [2.24, 2.45) is 0 Å². The average Bonchev–Trinajstić information content (AvgIpc) is 2.46. The summed E-state index contributed by atoms with van der Waals surface area (Å²) in [6, 6.07) is 4.85. The van der Waals surface area contributed by atoms with Gasteiger partial charge in [0, 0.05) is 23.4 Å². The van der Waals surface area contributed by atoms with Crippen LogP contribution in [0.3, 0.4) is 0 Å². The van der Waals surface area contributed by atoms with Gasteiger partial charge >= 0.3 is 5.97 Å². The molecule has 2 rings (SSSR count). The first-order valence-corrected chi connectivity index (χ1v) is 7.28. The van der Waals surface area contributed by atoms with Gasteiger partial charge in [0.05, 0.1) is 11.1 Å². The Bertz CT molecular complexity index is 631. The summed E-state index contributed by atoms with van der Waals surface area (Å²) in [6.45, 7) is 4.45. The molecule has 0 aliphatic rings. The molecule has 1 aromatic heterocycles. The summed E-state index contributed by atoms with van der Waals surface area (Å²) in [7, 11) is 0. The molecule has 0 saturated heterocycles. The number of thioether (sulfide) groups is 1. The van der Waals surface area contributed by atoms with E-state index in [0.717, 1.165) is 29.3 Å². The van der Waals surface area contributed by atoms with Crippen molar-refractivity contribution >= 4 is 34.5 Å². The number of benzene rings is 1. The third-order valence-electron chi connectivity index (χ3n) is 2.66. The third kappa shape index (κ3) is 3.48. The van der Waals surface area contributed by atoms with Gasteiger partial charge in [0.25, 0.3) is 0 Å². The molecule has 1 heterocycles. The van der Waals surface area contributed by atoms with E-state index in [1.54, 1.807) is 30.0 Å². The maximum Gasteiger partial charge on any atom is 0.335 e. The second-order valence-electron chi connectivity index (χ2n) is 4.05. The highest BCUT2D eigenvalue weighted by Gasteiger charge is 2.07. The van der Waals surface area contributed by atoms with Crippen molar-refractivity contribution in [1.82, 2.24) is 9.97 Å². The zero-order chi connectivity index (χ0) is 14.4. The lowest BCUT2D eigenvalue weighted by Crippen LogP contribution is -2.07. The highest BCUT2D eigenvalue weighted by atomic mass is 32.2. The van der Waals surface area contributed by atoms with Crippen molar-refractivity contribution in [1.29, 1.82) is 0 Å². The Morgan fingerprint density at radius 3 is 3.05 bits per heavy atom. The number of nitrogens with one attached hydrogen (secondary N) is 1. The largest absolute Gasteiger partial charge is 0.478 e. The Kier molecular flexibility index (Phi) is 4.95. The van der Waals surface area contributed by atoms with Crippen LogP contribution >= 0.6 is 11.8 Å². The number of anilines is 1. The van der Waals surface area contributed by atoms with Crippen molar-refractivity contribution < 1.29 is 9.90 Å². The lowest BCUT2D eigenvalue weighted by atomic mass is 10.1. The van der Waals surface area contributed by atoms with Gasteiger partial charge in [-0.05, 0) is 18.2 Å². The number of rotatable bonds is 7. The zero-order valence-corrected chi connectivity index (χ0v) is 11.7. The molecule has 0 atom stereocenters. The fourth-order valence-corrected chi connectivity index (χ4v) is 2.32. The van der Waals surface area contributed by atoms with Crippen LogP contribution in [0.1, 0.15) is 10.4 Å². The van der Waals surface area contributed by atoms with Crippen molar-refractivity contribution in [3.63, 3.8) is 0 Å². The van der Waals surface area contributed by atoms with E-state index in [1.165, 1.54) is 6.33 Å². The molecule has 0 amide bonds. The molecule has 0 radical (unpaired) electrons. The summed E-state index contributed by atoms with van der Waals surface area (Å²) in [5, 5.41) is 13.0. The first-order valence-electron chi connectivity index (χ1n) is 6.13. The van der Waals surface area contributed by atoms with Gasteiger partial charge in [0.1, 0.15) is 12.1 Å². The number of aromatic nitrogens is 2. The summed E-state index contributed by atoms with van der Waals surface area (Å²) in [5.74, 6) is 1.64. The summed E-state index contributed by atoms with van der Waals surface area (Å²) in [6.07, 6.45) is 3.31. The molecular formula is C14H15N3O2S. The maximum atomic E-state index is 10.9. The van der Waals surface area contributed by atoms with E-state index in [-0.39, 0.29) is 5.56 Å². The normalized spacial score (nSPS) is 10.4. The van der Waals surface area contributed by atoms with Gasteiger partial charge in [-0.25, -0.2) is 14.8 Å². The molecule has 6 heteroatoms. The van der Waals surface area contributed by atoms with E-state index in [9.17, 15) is 4.79 Å². The lowest BCUT2D eigenvalue weighted by molar-refractivity contribution is 0.0697. The number of carboxylic acid groups (broad SMARTS) is 1. The zero-order valence-electron chi connectivity index (χ0n) is 10.9. The number of carbonyl (C=O) groups is 1. The van der Waals surface area contributed by atoms with Crippen LogP contribution in [0.15, 0.2) is 37.2 Å². The Hall–Kier alpha value is -2.08. The average molecular weight is 289 g/mol. The van der Waals surface area contributed by atoms with E-state index in [0.29, 0.717) is 5.52 Å². The fourth-order valence-electron chi connectivity index (χ4n) is 1.74. The number of aromatic carboxylic acids is 1. The Morgan fingerprint density at radius 2 is 2.30 bits per heavy atom. The van der Waals surface area contributed by atoms with Crippen LogP contribution < -0.4 is 5.32 Å². The number of nitrogens with zero attached hydrogens (tertiary/aromatic N) is 2. The van der Waals surface area contributed by atoms with Crippen molar-refractivity contribution in [3.8, 4) is 0 Å². The van der Waals surface area contributed by atoms with Crippen LogP contribution in [0.2, 0.25) is 0 Å². The van der Waals surface area contributed by atoms with Gasteiger partial charge in [-0.15, -0.1) is 6.58 Å². The first kappa shape index (κ1) is 14.3. The van der Waals surface area contributed by atoms with Crippen LogP contribution in [0.25, 0.3) is 10.9 Å². The van der Waals surface area contributed by atoms with E-state index in [4.69, 9.17) is 5.11 Å². The maximum absolute atomic E-state index is 10.9. The first-order chi connectivity index (χ1) is 9.72. The second kappa shape index (κ2) is 6.91. The van der Waals surface area contributed by atoms with Gasteiger partial charge in [-0.3, -0.25) is 0 Å². The minimum absolute atomic E-state index is 0.226. The Morgan fingerprint density at radius 1 is 1.45 bits per heavy atom. The highest BCUT2D eigenvalue weighted by molar-refractivity contribution is 7.99. The topological polar surface area (TPSA) is 75.1 Å². The van der Waals surface area contributed by atoms with Gasteiger partial charge in [-0.1, -0.05) is 6.08 Å². The number of hydrogen-bond donors (Lipinski definition) is 2. The number of hydrogen-bond acceptors (Lipinski definition) is 5. The van der Waals surface area contributed by atoms with Gasteiger partial charge in [0.2, 0.25) is 0 Å². The molecule has 5 nitrogen and oxygen atoms in total. The van der Waals surface area contributed by atoms with Crippen LogP contribution in [0.5, 0.6) is 0 Å². The lowest BCUT2D eigenvalue weighted by Gasteiger charge is -2.08. The summed E-state index contributed by atoms with van der Waals surface area (Å²) < 4.78 is 0. The van der Waals surface area contributed by atoms with Crippen molar-refractivity contribution in [2.45, 2.75) is 0 Å². The standard InChI is InChI=1S/C14H15N3O2S/c1-2-6-20-7-5-15-13-11-4-3-10(14(18)19)8-12(11)16-9-17-13/h2-4,8-9H,1,5-7H2,(H,18,19)(H,15,16,17). The molecule has 0 aliphatic heterocycles. The van der Waals surface area contributed by atoms with E-state index < -0.39 is 5.97 Å². The minimum atomic E-state index is -0.958. The van der Waals surface area contributed by atoms with Crippen molar-refractivity contribution in [3.05, 3.63) is 42.7 Å². The number of carboxylic acids is 1. The van der Waals surface area contributed by atoms with Gasteiger partial charge < -0.3 is 10.4 Å². The number of fused-ring (bicyclic) bond motifs is 1. The molecule has 1 aromatic carbocycles. The second-order valence-corrected chi connectivity index (χ2v) is 5.20. The smallest absolute Gasteiger partial charge is 0.335 e. The van der Waals surface area contributed by atoms with Crippen LogP contribution in [0, 0.1) is 0 Å². The molecule has 104 valence electrons. The molecule has 20 heavy (non-hydrogen) atoms. The molecule has 2 aromatic rings. The summed E-state index contributed by atoms with van der Waals surface area (Å²) >= 11 is 1.78. The molecule has 0 aliphatic carbocycles. The molecule has 0 saturated carbocycles. The molecule has 0 spiro atoms. The van der Waals surface area contributed by atoms with Gasteiger partial charge in [-0.2, -0.15) is 11.8 Å². The molecule has 2 N–H and O–H groups in total. The predicted octanol–water partition coefficient (Wildman–Crippen LogP) is 2.66. The summed E-state index contributed by atoms with van der Waals surface area (Å²) in [4.78, 5) is 19.2. The van der Waals surface area contributed by atoms with Crippen LogP contribution in [-0.2, 0) is 0 Å². The molecule has 0 fully saturated rings. The van der Waals surface area contributed by atoms with Crippen molar-refractivity contribution in [2.75, 3.05) is 23.4 Å². The Labute approximate surface area is 121 Å². The van der Waals surface area contributed by atoms with Crippen LogP contribution in [0.4, 0.5) is 5.82 Å². The Balaban J connectivity index is 2.13. The molecule has 0 bridgehead atoms. The molecular weight excluding hydrogens is 274 g/mol. The van der Waals surface area contributed by atoms with E-state index in [2.05, 4.69) is 21.9 Å². The van der Waals surface area contributed by atoms with Crippen LogP contribution in [-0.4, -0.2) is 39.1 Å². The minimum Gasteiger partial charge on any atom is -0.478 e. The quantitative estimate of drug-likeness (QED) is 0.603. The third-order valence-corrected chi connectivity index (χ3v) is 3.62. The van der Waals surface area contributed by atoms with E-state index >= 15 is 0 Å². The van der Waals surface area contributed by atoms with Gasteiger partial charge in [0.15, 0.2) is 0 Å². The fraction of sp³-hybridized carbons (Fsp3) is 0.214. The highest BCUT2D eigenvalue weighted by Crippen LogP contribution is 2.20. The summed E-state index contributed by atoms with van der Waals surface area (Å²) in [5.41, 5.74) is 0.852. The molecule has 0 unspecified atom stereocenters. The predicted molar refractivity (Wildman–Crippen MR) is 82.5 cm³/mol. The SMILES string of the molecule is C=CCSCCNc1ncnc2cc(C(=O)O)ccc12. The monoisotopic (exact) mass is 289 g/mol.